The van der Waals surface area contributed by atoms with Crippen molar-refractivity contribution in [1.29, 1.82) is 0 Å². The normalized spacial score (nSPS) is 11.6. The predicted octanol–water partition coefficient (Wildman–Crippen LogP) is 1.35. The van der Waals surface area contributed by atoms with Gasteiger partial charge >= 0.3 is 0 Å². The minimum absolute atomic E-state index is 0.176. The maximum absolute atomic E-state index is 12.1. The molecule has 19 heavy (non-hydrogen) atoms. The van der Waals surface area contributed by atoms with E-state index in [0.717, 1.165) is 13.1 Å². The third-order valence-electron chi connectivity index (χ3n) is 2.46. The highest BCUT2D eigenvalue weighted by Crippen LogP contribution is 2.17. The van der Waals surface area contributed by atoms with E-state index in [4.69, 9.17) is 0 Å². The SMILES string of the molecule is CCNCCn1cc(S(=O)(=O)Nc2ccsc2)cn1. The van der Waals surface area contributed by atoms with Crippen molar-refractivity contribution in [2.75, 3.05) is 17.8 Å². The number of hydrogen-bond donors (Lipinski definition) is 2. The Morgan fingerprint density at radius 3 is 3.00 bits per heavy atom. The highest BCUT2D eigenvalue weighted by molar-refractivity contribution is 7.92. The fourth-order valence-corrected chi connectivity index (χ4v) is 3.18. The van der Waals surface area contributed by atoms with Gasteiger partial charge in [-0.15, -0.1) is 0 Å². The summed E-state index contributed by atoms with van der Waals surface area (Å²) < 4.78 is 28.3. The van der Waals surface area contributed by atoms with E-state index in [0.29, 0.717) is 12.2 Å². The lowest BCUT2D eigenvalue weighted by atomic mass is 10.6. The van der Waals surface area contributed by atoms with Gasteiger partial charge in [-0.05, 0) is 18.0 Å². The Balaban J connectivity index is 2.04. The maximum atomic E-state index is 12.1. The monoisotopic (exact) mass is 300 g/mol. The van der Waals surface area contributed by atoms with E-state index in [1.165, 1.54) is 23.7 Å². The van der Waals surface area contributed by atoms with Gasteiger partial charge in [0.05, 0.1) is 18.4 Å². The first-order valence-corrected chi connectivity index (χ1v) is 8.32. The van der Waals surface area contributed by atoms with Crippen LogP contribution in [0.3, 0.4) is 0 Å². The van der Waals surface area contributed by atoms with Gasteiger partial charge in [-0.25, -0.2) is 8.42 Å². The van der Waals surface area contributed by atoms with Crippen LogP contribution in [0.15, 0.2) is 34.1 Å². The summed E-state index contributed by atoms with van der Waals surface area (Å²) in [6, 6.07) is 1.72. The van der Waals surface area contributed by atoms with Crippen molar-refractivity contribution in [1.82, 2.24) is 15.1 Å². The summed E-state index contributed by atoms with van der Waals surface area (Å²) in [5.74, 6) is 0. The fourth-order valence-electron chi connectivity index (χ4n) is 1.51. The molecule has 0 aromatic carbocycles. The average molecular weight is 300 g/mol. The molecule has 2 aromatic heterocycles. The Morgan fingerprint density at radius 1 is 1.47 bits per heavy atom. The lowest BCUT2D eigenvalue weighted by Crippen LogP contribution is -2.19. The molecule has 8 heteroatoms. The van der Waals surface area contributed by atoms with Gasteiger partial charge in [0.15, 0.2) is 0 Å². The molecular weight excluding hydrogens is 284 g/mol. The third kappa shape index (κ3) is 3.79. The molecule has 6 nitrogen and oxygen atoms in total. The van der Waals surface area contributed by atoms with Crippen LogP contribution in [0.25, 0.3) is 0 Å². The molecule has 0 unspecified atom stereocenters. The molecule has 0 amide bonds. The van der Waals surface area contributed by atoms with Crippen LogP contribution in [0.4, 0.5) is 5.69 Å². The van der Waals surface area contributed by atoms with Crippen molar-refractivity contribution in [3.63, 3.8) is 0 Å². The molecule has 0 saturated heterocycles. The molecule has 2 rings (SSSR count). The Kier molecular flexibility index (Phi) is 4.56. The molecule has 2 heterocycles. The van der Waals surface area contributed by atoms with Crippen molar-refractivity contribution >= 4 is 27.0 Å². The molecule has 0 aliphatic rings. The summed E-state index contributed by atoms with van der Waals surface area (Å²) in [7, 11) is -3.54. The Bertz CT molecular complexity index is 604. The van der Waals surface area contributed by atoms with Crippen LogP contribution in [0.2, 0.25) is 0 Å². The molecule has 0 spiro atoms. The van der Waals surface area contributed by atoms with Gasteiger partial charge in [0.2, 0.25) is 0 Å². The molecule has 2 N–H and O–H groups in total. The molecule has 0 fully saturated rings. The summed E-state index contributed by atoms with van der Waals surface area (Å²) in [5, 5.41) is 10.8. The molecule has 2 aromatic rings. The minimum atomic E-state index is -3.54. The molecule has 0 aliphatic heterocycles. The zero-order valence-electron chi connectivity index (χ0n) is 10.5. The summed E-state index contributed by atoms with van der Waals surface area (Å²) in [6.07, 6.45) is 2.90. The number of nitrogens with one attached hydrogen (secondary N) is 2. The summed E-state index contributed by atoms with van der Waals surface area (Å²) >= 11 is 1.44. The lowest BCUT2D eigenvalue weighted by Gasteiger charge is -2.03. The van der Waals surface area contributed by atoms with Crippen LogP contribution < -0.4 is 10.0 Å². The van der Waals surface area contributed by atoms with E-state index in [1.54, 1.807) is 16.1 Å². The summed E-state index contributed by atoms with van der Waals surface area (Å²) in [4.78, 5) is 0.176. The molecule has 0 aliphatic carbocycles. The molecule has 0 radical (unpaired) electrons. The van der Waals surface area contributed by atoms with Crippen LogP contribution in [0.5, 0.6) is 0 Å². The van der Waals surface area contributed by atoms with E-state index in [9.17, 15) is 8.42 Å². The second-order valence-corrected chi connectivity index (χ2v) is 6.37. The molecule has 0 atom stereocenters. The predicted molar refractivity (Wildman–Crippen MR) is 75.9 cm³/mol. The maximum Gasteiger partial charge on any atom is 0.265 e. The van der Waals surface area contributed by atoms with E-state index in [1.807, 2.05) is 12.3 Å². The largest absolute Gasteiger partial charge is 0.315 e. The van der Waals surface area contributed by atoms with E-state index in [2.05, 4.69) is 15.1 Å². The number of sulfonamides is 1. The number of hydrogen-bond acceptors (Lipinski definition) is 5. The van der Waals surface area contributed by atoms with Crippen molar-refractivity contribution in [3.8, 4) is 0 Å². The van der Waals surface area contributed by atoms with Gasteiger partial charge in [0, 0.05) is 18.1 Å². The number of likely N-dealkylation sites (N-methyl/N-ethyl adjacent to an activating group) is 1. The topological polar surface area (TPSA) is 76.0 Å². The summed E-state index contributed by atoms with van der Waals surface area (Å²) in [6.45, 7) is 4.30. The fraction of sp³-hybridized carbons (Fsp3) is 0.364. The summed E-state index contributed by atoms with van der Waals surface area (Å²) in [5.41, 5.74) is 0.574. The van der Waals surface area contributed by atoms with E-state index in [-0.39, 0.29) is 4.90 Å². The van der Waals surface area contributed by atoms with Crippen molar-refractivity contribution in [2.24, 2.45) is 0 Å². The van der Waals surface area contributed by atoms with Crippen LogP contribution in [-0.2, 0) is 16.6 Å². The van der Waals surface area contributed by atoms with Crippen molar-refractivity contribution < 1.29 is 8.42 Å². The number of nitrogens with zero attached hydrogens (tertiary/aromatic N) is 2. The first-order valence-electron chi connectivity index (χ1n) is 5.90. The second-order valence-electron chi connectivity index (χ2n) is 3.91. The number of rotatable bonds is 7. The van der Waals surface area contributed by atoms with E-state index >= 15 is 0 Å². The number of thiophene rings is 1. The Hall–Kier alpha value is -1.38. The zero-order valence-corrected chi connectivity index (χ0v) is 12.2. The average Bonchev–Trinajstić information content (AvgIpc) is 3.00. The Labute approximate surface area is 116 Å². The first-order chi connectivity index (χ1) is 9.12. The standard InChI is InChI=1S/C11H16N4O2S2/c1-2-12-4-5-15-8-11(7-13-15)19(16,17)14-10-3-6-18-9-10/h3,6-9,12,14H,2,4-5H2,1H3. The molecule has 0 saturated carbocycles. The number of aromatic nitrogens is 2. The highest BCUT2D eigenvalue weighted by Gasteiger charge is 2.16. The van der Waals surface area contributed by atoms with Gasteiger partial charge < -0.3 is 5.32 Å². The number of anilines is 1. The van der Waals surface area contributed by atoms with Gasteiger partial charge in [-0.1, -0.05) is 6.92 Å². The molecule has 104 valence electrons. The van der Waals surface area contributed by atoms with Crippen molar-refractivity contribution in [3.05, 3.63) is 29.2 Å². The van der Waals surface area contributed by atoms with Gasteiger partial charge in [0.25, 0.3) is 10.0 Å². The van der Waals surface area contributed by atoms with Crippen molar-refractivity contribution in [2.45, 2.75) is 18.4 Å². The van der Waals surface area contributed by atoms with Crippen LogP contribution >= 0.6 is 11.3 Å². The molecule has 0 bridgehead atoms. The van der Waals surface area contributed by atoms with Gasteiger partial charge in [-0.3, -0.25) is 9.40 Å². The second kappa shape index (κ2) is 6.18. The Morgan fingerprint density at radius 2 is 2.32 bits per heavy atom. The van der Waals surface area contributed by atoms with Crippen LogP contribution in [0.1, 0.15) is 6.92 Å². The van der Waals surface area contributed by atoms with Crippen LogP contribution in [0, 0.1) is 0 Å². The van der Waals surface area contributed by atoms with Gasteiger partial charge in [0.1, 0.15) is 4.90 Å². The van der Waals surface area contributed by atoms with E-state index < -0.39 is 10.0 Å². The van der Waals surface area contributed by atoms with Gasteiger partial charge in [-0.2, -0.15) is 16.4 Å². The third-order valence-corrected chi connectivity index (χ3v) is 4.48. The molecular formula is C11H16N4O2S2. The lowest BCUT2D eigenvalue weighted by molar-refractivity contribution is 0.564. The quantitative estimate of drug-likeness (QED) is 0.757. The van der Waals surface area contributed by atoms with Crippen LogP contribution in [-0.4, -0.2) is 31.3 Å². The first kappa shape index (κ1) is 14.0. The zero-order chi connectivity index (χ0) is 13.7. The smallest absolute Gasteiger partial charge is 0.265 e. The minimum Gasteiger partial charge on any atom is -0.315 e. The highest BCUT2D eigenvalue weighted by atomic mass is 32.2.